The minimum Gasteiger partial charge on any atom is -0.389 e. The summed E-state index contributed by atoms with van der Waals surface area (Å²) in [6.45, 7) is 5.89. The highest BCUT2D eigenvalue weighted by Gasteiger charge is 2.12. The summed E-state index contributed by atoms with van der Waals surface area (Å²) in [5.41, 5.74) is 2.26. The molecule has 2 heterocycles. The van der Waals surface area contributed by atoms with E-state index in [2.05, 4.69) is 22.9 Å². The Morgan fingerprint density at radius 3 is 2.81 bits per heavy atom. The number of anilines is 1. The molecule has 0 fully saturated rings. The number of rotatable bonds is 2. The summed E-state index contributed by atoms with van der Waals surface area (Å²) in [6, 6.07) is 3.93. The van der Waals surface area contributed by atoms with Crippen molar-refractivity contribution in [1.82, 2.24) is 4.98 Å². The van der Waals surface area contributed by atoms with Crippen molar-refractivity contribution in [3.63, 3.8) is 0 Å². The molecule has 1 aromatic heterocycles. The maximum Gasteiger partial charge on any atom is 0.128 e. The number of nitrogens with zero attached hydrogens (tertiary/aromatic N) is 2. The van der Waals surface area contributed by atoms with Gasteiger partial charge in [0.15, 0.2) is 0 Å². The Hall–Kier alpha value is -1.35. The molecule has 0 aliphatic carbocycles. The molecule has 0 unspecified atom stereocenters. The second-order valence-electron chi connectivity index (χ2n) is 4.39. The van der Waals surface area contributed by atoms with Crippen LogP contribution in [-0.4, -0.2) is 23.2 Å². The number of pyridine rings is 1. The fraction of sp³-hybridized carbons (Fsp3) is 0.462. The SMILES string of the molecule is CC1=CCCN(c2ccc([C@H](C)O)cn2)C1. The molecule has 0 bridgehead atoms. The van der Waals surface area contributed by atoms with Gasteiger partial charge in [0.2, 0.25) is 0 Å². The highest BCUT2D eigenvalue weighted by Crippen LogP contribution is 2.19. The van der Waals surface area contributed by atoms with Crippen molar-refractivity contribution in [2.75, 3.05) is 18.0 Å². The molecule has 1 N–H and O–H groups in total. The number of aliphatic hydroxyl groups is 1. The smallest absolute Gasteiger partial charge is 0.128 e. The third-order valence-electron chi connectivity index (χ3n) is 2.91. The van der Waals surface area contributed by atoms with Crippen LogP contribution in [-0.2, 0) is 0 Å². The van der Waals surface area contributed by atoms with Crippen LogP contribution in [0.2, 0.25) is 0 Å². The fourth-order valence-corrected chi connectivity index (χ4v) is 1.94. The summed E-state index contributed by atoms with van der Waals surface area (Å²) in [4.78, 5) is 6.66. The van der Waals surface area contributed by atoms with E-state index in [0.717, 1.165) is 30.9 Å². The minimum absolute atomic E-state index is 0.440. The molecule has 3 heteroatoms. The monoisotopic (exact) mass is 218 g/mol. The summed E-state index contributed by atoms with van der Waals surface area (Å²) in [5, 5.41) is 9.40. The molecule has 1 aliphatic heterocycles. The Balaban J connectivity index is 2.13. The Morgan fingerprint density at radius 2 is 2.25 bits per heavy atom. The topological polar surface area (TPSA) is 36.4 Å². The van der Waals surface area contributed by atoms with Gasteiger partial charge in [-0.25, -0.2) is 4.98 Å². The van der Waals surface area contributed by atoms with Crippen LogP contribution in [0.4, 0.5) is 5.82 Å². The van der Waals surface area contributed by atoms with Gasteiger partial charge in [0, 0.05) is 19.3 Å². The van der Waals surface area contributed by atoms with Crippen molar-refractivity contribution in [2.45, 2.75) is 26.4 Å². The van der Waals surface area contributed by atoms with E-state index in [-0.39, 0.29) is 0 Å². The predicted octanol–water partition coefficient (Wildman–Crippen LogP) is 2.29. The summed E-state index contributed by atoms with van der Waals surface area (Å²) in [7, 11) is 0. The largest absolute Gasteiger partial charge is 0.389 e. The highest BCUT2D eigenvalue weighted by atomic mass is 16.3. The van der Waals surface area contributed by atoms with Crippen LogP contribution in [0.15, 0.2) is 30.0 Å². The summed E-state index contributed by atoms with van der Waals surface area (Å²) in [6.07, 6.45) is 4.68. The van der Waals surface area contributed by atoms with Gasteiger partial charge in [0.25, 0.3) is 0 Å². The predicted molar refractivity (Wildman–Crippen MR) is 65.5 cm³/mol. The van der Waals surface area contributed by atoms with Crippen molar-refractivity contribution in [3.05, 3.63) is 35.5 Å². The Bertz CT molecular complexity index is 381. The van der Waals surface area contributed by atoms with Crippen molar-refractivity contribution < 1.29 is 5.11 Å². The van der Waals surface area contributed by atoms with Gasteiger partial charge in [-0.05, 0) is 31.9 Å². The molecule has 0 aromatic carbocycles. The van der Waals surface area contributed by atoms with Crippen molar-refractivity contribution in [1.29, 1.82) is 0 Å². The molecule has 1 aromatic rings. The number of aromatic nitrogens is 1. The van der Waals surface area contributed by atoms with E-state index in [4.69, 9.17) is 0 Å². The van der Waals surface area contributed by atoms with Gasteiger partial charge in [0.05, 0.1) is 6.10 Å². The van der Waals surface area contributed by atoms with Crippen LogP contribution in [0.3, 0.4) is 0 Å². The Morgan fingerprint density at radius 1 is 1.44 bits per heavy atom. The Labute approximate surface area is 96.4 Å². The molecule has 0 amide bonds. The zero-order valence-corrected chi connectivity index (χ0v) is 9.85. The quantitative estimate of drug-likeness (QED) is 0.774. The van der Waals surface area contributed by atoms with E-state index in [1.807, 2.05) is 12.1 Å². The second-order valence-corrected chi connectivity index (χ2v) is 4.39. The van der Waals surface area contributed by atoms with Crippen molar-refractivity contribution >= 4 is 5.82 Å². The molecule has 1 aliphatic rings. The first-order valence-corrected chi connectivity index (χ1v) is 5.71. The molecule has 0 spiro atoms. The third kappa shape index (κ3) is 2.42. The third-order valence-corrected chi connectivity index (χ3v) is 2.91. The second kappa shape index (κ2) is 4.66. The van der Waals surface area contributed by atoms with Gasteiger partial charge in [-0.15, -0.1) is 0 Å². The first kappa shape index (κ1) is 11.1. The van der Waals surface area contributed by atoms with Crippen LogP contribution in [0.1, 0.15) is 31.9 Å². The standard InChI is InChI=1S/C13H18N2O/c1-10-4-3-7-15(9-10)13-6-5-12(8-14-13)11(2)16/h4-6,8,11,16H,3,7,9H2,1-2H3/t11-/m0/s1. The molecule has 86 valence electrons. The summed E-state index contributed by atoms with van der Waals surface area (Å²) < 4.78 is 0. The van der Waals surface area contributed by atoms with Gasteiger partial charge in [-0.3, -0.25) is 0 Å². The maximum atomic E-state index is 9.40. The average Bonchev–Trinajstić information content (AvgIpc) is 2.29. The minimum atomic E-state index is -0.440. The van der Waals surface area contributed by atoms with Crippen LogP contribution < -0.4 is 4.90 Å². The lowest BCUT2D eigenvalue weighted by Gasteiger charge is -2.27. The fourth-order valence-electron chi connectivity index (χ4n) is 1.94. The lowest BCUT2D eigenvalue weighted by atomic mass is 10.1. The van der Waals surface area contributed by atoms with E-state index >= 15 is 0 Å². The number of hydrogen-bond donors (Lipinski definition) is 1. The van der Waals surface area contributed by atoms with Crippen molar-refractivity contribution in [2.24, 2.45) is 0 Å². The maximum absolute atomic E-state index is 9.40. The van der Waals surface area contributed by atoms with Gasteiger partial charge in [0.1, 0.15) is 5.82 Å². The zero-order chi connectivity index (χ0) is 11.5. The van der Waals surface area contributed by atoms with Crippen LogP contribution in [0.5, 0.6) is 0 Å². The van der Waals surface area contributed by atoms with Gasteiger partial charge >= 0.3 is 0 Å². The summed E-state index contributed by atoms with van der Waals surface area (Å²) >= 11 is 0. The zero-order valence-electron chi connectivity index (χ0n) is 9.85. The molecular weight excluding hydrogens is 200 g/mol. The molecule has 3 nitrogen and oxygen atoms in total. The van der Waals surface area contributed by atoms with Crippen molar-refractivity contribution in [3.8, 4) is 0 Å². The van der Waals surface area contributed by atoms with E-state index in [0.29, 0.717) is 0 Å². The van der Waals surface area contributed by atoms with Gasteiger partial charge in [-0.1, -0.05) is 17.7 Å². The molecule has 0 saturated carbocycles. The lowest BCUT2D eigenvalue weighted by molar-refractivity contribution is 0.199. The number of aliphatic hydroxyl groups excluding tert-OH is 1. The number of hydrogen-bond acceptors (Lipinski definition) is 3. The highest BCUT2D eigenvalue weighted by molar-refractivity contribution is 5.42. The van der Waals surface area contributed by atoms with Crippen LogP contribution in [0, 0.1) is 0 Å². The molecule has 0 radical (unpaired) electrons. The first-order chi connectivity index (χ1) is 7.66. The van der Waals surface area contributed by atoms with E-state index in [1.54, 1.807) is 13.1 Å². The molecule has 2 rings (SSSR count). The summed E-state index contributed by atoms with van der Waals surface area (Å²) in [5.74, 6) is 0.997. The first-order valence-electron chi connectivity index (χ1n) is 5.71. The van der Waals surface area contributed by atoms with Crippen LogP contribution >= 0.6 is 0 Å². The molecule has 16 heavy (non-hydrogen) atoms. The molecule has 1 atom stereocenters. The van der Waals surface area contributed by atoms with Gasteiger partial charge < -0.3 is 10.0 Å². The van der Waals surface area contributed by atoms with Gasteiger partial charge in [-0.2, -0.15) is 0 Å². The van der Waals surface area contributed by atoms with E-state index in [9.17, 15) is 5.11 Å². The van der Waals surface area contributed by atoms with Crippen LogP contribution in [0.25, 0.3) is 0 Å². The normalized spacial score (nSPS) is 18.2. The Kier molecular flexibility index (Phi) is 3.25. The lowest BCUT2D eigenvalue weighted by Crippen LogP contribution is -2.29. The average molecular weight is 218 g/mol. The molecule has 0 saturated heterocycles. The van der Waals surface area contributed by atoms with E-state index in [1.165, 1.54) is 5.57 Å². The molecular formula is C13H18N2O. The van der Waals surface area contributed by atoms with E-state index < -0.39 is 6.10 Å².